The Bertz CT molecular complexity index is 921. The third-order valence-electron chi connectivity index (χ3n) is 7.23. The maximum atomic E-state index is 13.1. The molecule has 33 heavy (non-hydrogen) atoms. The van der Waals surface area contributed by atoms with Crippen LogP contribution >= 0.6 is 0 Å². The number of hydrogen-bond donors (Lipinski definition) is 0. The van der Waals surface area contributed by atoms with Gasteiger partial charge in [-0.15, -0.1) is 0 Å². The number of methoxy groups -OCH3 is 3. The van der Waals surface area contributed by atoms with Crippen LogP contribution in [0.3, 0.4) is 0 Å². The van der Waals surface area contributed by atoms with Crippen molar-refractivity contribution in [1.82, 2.24) is 4.90 Å². The number of ether oxygens (including phenoxy) is 3. The summed E-state index contributed by atoms with van der Waals surface area (Å²) in [4.78, 5) is 15.6. The van der Waals surface area contributed by atoms with Crippen molar-refractivity contribution in [2.45, 2.75) is 59.2 Å². The first kappa shape index (κ1) is 25.1. The van der Waals surface area contributed by atoms with Gasteiger partial charge in [0.25, 0.3) is 0 Å². The molecule has 0 saturated heterocycles. The average Bonchev–Trinajstić information content (AvgIpc) is 3.27. The highest BCUT2D eigenvalue weighted by atomic mass is 16.5. The minimum atomic E-state index is -0.165. The highest BCUT2D eigenvalue weighted by Gasteiger charge is 2.49. The van der Waals surface area contributed by atoms with E-state index in [1.807, 2.05) is 18.2 Å². The molecule has 0 heterocycles. The number of carbonyl (C=O) groups is 1. The van der Waals surface area contributed by atoms with Crippen molar-refractivity contribution in [1.29, 1.82) is 0 Å². The first-order valence-corrected chi connectivity index (χ1v) is 11.8. The van der Waals surface area contributed by atoms with Crippen molar-refractivity contribution < 1.29 is 19.0 Å². The van der Waals surface area contributed by atoms with Gasteiger partial charge in [0, 0.05) is 18.6 Å². The molecule has 180 valence electrons. The topological polar surface area (TPSA) is 48.0 Å². The van der Waals surface area contributed by atoms with E-state index in [4.69, 9.17) is 14.2 Å². The Hall–Kier alpha value is -2.53. The first-order chi connectivity index (χ1) is 15.7. The molecule has 5 nitrogen and oxygen atoms in total. The molecule has 0 spiro atoms. The molecule has 1 fully saturated rings. The van der Waals surface area contributed by atoms with E-state index < -0.39 is 0 Å². The third-order valence-corrected chi connectivity index (χ3v) is 7.23. The predicted octanol–water partition coefficient (Wildman–Crippen LogP) is 5.88. The Morgan fingerprint density at radius 3 is 2.24 bits per heavy atom. The van der Waals surface area contributed by atoms with Crippen molar-refractivity contribution in [2.75, 3.05) is 21.3 Å². The average molecular weight is 454 g/mol. The Balaban J connectivity index is 2.02. The van der Waals surface area contributed by atoms with Gasteiger partial charge in [0.1, 0.15) is 0 Å². The summed E-state index contributed by atoms with van der Waals surface area (Å²) in [5, 5.41) is 0. The molecule has 0 aromatic heterocycles. The molecule has 2 aromatic rings. The zero-order chi connectivity index (χ0) is 24.2. The van der Waals surface area contributed by atoms with Crippen LogP contribution in [0.5, 0.6) is 11.5 Å². The lowest BCUT2D eigenvalue weighted by Crippen LogP contribution is -2.45. The Morgan fingerprint density at radius 2 is 1.67 bits per heavy atom. The highest BCUT2D eigenvalue weighted by Crippen LogP contribution is 2.48. The Labute approximate surface area is 199 Å². The maximum absolute atomic E-state index is 13.1. The summed E-state index contributed by atoms with van der Waals surface area (Å²) in [6.45, 7) is 9.63. The summed E-state index contributed by atoms with van der Waals surface area (Å²) in [5.74, 6) is 1.43. The molecule has 1 saturated carbocycles. The van der Waals surface area contributed by atoms with Crippen LogP contribution in [0.25, 0.3) is 0 Å². The van der Waals surface area contributed by atoms with Crippen molar-refractivity contribution in [3.63, 3.8) is 0 Å². The predicted molar refractivity (Wildman–Crippen MR) is 131 cm³/mol. The van der Waals surface area contributed by atoms with Gasteiger partial charge in [0.05, 0.1) is 27.2 Å². The molecule has 1 aliphatic rings. The minimum absolute atomic E-state index is 0.0264. The number of hydrogen-bond acceptors (Lipinski definition) is 5. The molecule has 1 aliphatic carbocycles. The van der Waals surface area contributed by atoms with E-state index in [0.29, 0.717) is 18.0 Å². The summed E-state index contributed by atoms with van der Waals surface area (Å²) in [6, 6.07) is 16.8. The summed E-state index contributed by atoms with van der Waals surface area (Å²) in [5.41, 5.74) is 2.39. The number of benzene rings is 2. The standard InChI is InChI=1S/C28H39NO4/c1-19(21-11-9-8-10-12-21)29(18-20-13-16-24(31-5)25(17-20)32-6)23-15-14-22(28(2,3)4)26(23)27(30)33-7/h8-13,16-17,19,22-23,26H,14-15,18H2,1-7H3/t19-,22-,23?,26+/m1/s1. The maximum Gasteiger partial charge on any atom is 0.310 e. The smallest absolute Gasteiger partial charge is 0.310 e. The van der Waals surface area contributed by atoms with Crippen LogP contribution < -0.4 is 9.47 Å². The van der Waals surface area contributed by atoms with E-state index in [2.05, 4.69) is 62.9 Å². The van der Waals surface area contributed by atoms with Crippen LogP contribution in [-0.4, -0.2) is 38.2 Å². The van der Waals surface area contributed by atoms with Crippen molar-refractivity contribution in [3.8, 4) is 11.5 Å². The molecule has 0 bridgehead atoms. The molecular formula is C28H39NO4. The summed E-state index contributed by atoms with van der Waals surface area (Å²) in [7, 11) is 4.81. The molecule has 0 aliphatic heterocycles. The van der Waals surface area contributed by atoms with Crippen molar-refractivity contribution >= 4 is 5.97 Å². The number of esters is 1. The molecule has 0 radical (unpaired) electrons. The lowest BCUT2D eigenvalue weighted by atomic mass is 9.74. The van der Waals surface area contributed by atoms with Crippen LogP contribution in [0.1, 0.15) is 57.7 Å². The van der Waals surface area contributed by atoms with Crippen molar-refractivity contribution in [2.24, 2.45) is 17.3 Å². The van der Waals surface area contributed by atoms with Crippen LogP contribution in [0, 0.1) is 17.3 Å². The fraction of sp³-hybridized carbons (Fsp3) is 0.536. The molecule has 2 aromatic carbocycles. The molecule has 1 unspecified atom stereocenters. The van der Waals surface area contributed by atoms with Gasteiger partial charge in [0.15, 0.2) is 11.5 Å². The van der Waals surface area contributed by atoms with Gasteiger partial charge in [-0.3, -0.25) is 9.69 Å². The van der Waals surface area contributed by atoms with Gasteiger partial charge in [-0.2, -0.15) is 0 Å². The third kappa shape index (κ3) is 5.52. The van der Waals surface area contributed by atoms with E-state index in [0.717, 1.165) is 18.4 Å². The van der Waals surface area contributed by atoms with Gasteiger partial charge in [-0.05, 0) is 54.4 Å². The SMILES string of the molecule is COC(=O)[C@@H]1C(N(Cc2ccc(OC)c(OC)c2)[C@H](C)c2ccccc2)CC[C@H]1C(C)(C)C. The number of rotatable bonds is 8. The normalized spacial score (nSPS) is 21.6. The zero-order valence-corrected chi connectivity index (χ0v) is 21.1. The molecule has 0 N–H and O–H groups in total. The van der Waals surface area contributed by atoms with Crippen LogP contribution in [-0.2, 0) is 16.1 Å². The highest BCUT2D eigenvalue weighted by molar-refractivity contribution is 5.74. The van der Waals surface area contributed by atoms with Crippen LogP contribution in [0.15, 0.2) is 48.5 Å². The second kappa shape index (κ2) is 10.6. The molecule has 5 heteroatoms. The zero-order valence-electron chi connectivity index (χ0n) is 21.1. The second-order valence-electron chi connectivity index (χ2n) is 10.1. The number of nitrogens with zero attached hydrogens (tertiary/aromatic N) is 1. The van der Waals surface area contributed by atoms with Gasteiger partial charge in [-0.25, -0.2) is 0 Å². The molecular weight excluding hydrogens is 414 g/mol. The van der Waals surface area contributed by atoms with E-state index in [-0.39, 0.29) is 35.3 Å². The van der Waals surface area contributed by atoms with Crippen LogP contribution in [0.4, 0.5) is 0 Å². The van der Waals surface area contributed by atoms with Gasteiger partial charge in [0.2, 0.25) is 0 Å². The monoisotopic (exact) mass is 453 g/mol. The Morgan fingerprint density at radius 1 is 1.00 bits per heavy atom. The van der Waals surface area contributed by atoms with Crippen molar-refractivity contribution in [3.05, 3.63) is 59.7 Å². The molecule has 3 rings (SSSR count). The van der Waals surface area contributed by atoms with Gasteiger partial charge >= 0.3 is 5.97 Å². The van der Waals surface area contributed by atoms with Gasteiger partial charge < -0.3 is 14.2 Å². The second-order valence-corrected chi connectivity index (χ2v) is 10.1. The number of carbonyl (C=O) groups excluding carboxylic acids is 1. The lowest BCUT2D eigenvalue weighted by molar-refractivity contribution is -0.151. The summed E-state index contributed by atoms with van der Waals surface area (Å²) < 4.78 is 16.3. The fourth-order valence-corrected chi connectivity index (χ4v) is 5.43. The first-order valence-electron chi connectivity index (χ1n) is 11.8. The molecule has 4 atom stereocenters. The Kier molecular flexibility index (Phi) is 8.06. The summed E-state index contributed by atoms with van der Waals surface area (Å²) in [6.07, 6.45) is 1.98. The van der Waals surface area contributed by atoms with E-state index in [1.54, 1.807) is 14.2 Å². The van der Waals surface area contributed by atoms with E-state index in [1.165, 1.54) is 12.7 Å². The quantitative estimate of drug-likeness (QED) is 0.467. The van der Waals surface area contributed by atoms with Gasteiger partial charge in [-0.1, -0.05) is 57.2 Å². The largest absolute Gasteiger partial charge is 0.493 e. The fourth-order valence-electron chi connectivity index (χ4n) is 5.43. The van der Waals surface area contributed by atoms with E-state index in [9.17, 15) is 4.79 Å². The summed E-state index contributed by atoms with van der Waals surface area (Å²) >= 11 is 0. The van der Waals surface area contributed by atoms with E-state index >= 15 is 0 Å². The van der Waals surface area contributed by atoms with Crippen LogP contribution in [0.2, 0.25) is 0 Å². The minimum Gasteiger partial charge on any atom is -0.493 e. The lowest BCUT2D eigenvalue weighted by Gasteiger charge is -2.40. The molecule has 0 amide bonds.